The number of methoxy groups -OCH3 is 2. The van der Waals surface area contributed by atoms with Crippen LogP contribution < -0.4 is 4.74 Å². The highest BCUT2D eigenvalue weighted by atomic mass is 35.5. The highest BCUT2D eigenvalue weighted by molar-refractivity contribution is 6.42. The van der Waals surface area contributed by atoms with Crippen LogP contribution in [0.1, 0.15) is 48.3 Å². The number of ether oxygens (including phenoxy) is 2. The number of aromatic nitrogens is 1. The molecular weight excluding hydrogens is 537 g/mol. The van der Waals surface area contributed by atoms with Gasteiger partial charge in [-0.2, -0.15) is 0 Å². The number of nitrogens with zero attached hydrogens (tertiary/aromatic N) is 3. The van der Waals surface area contributed by atoms with Gasteiger partial charge in [-0.15, -0.1) is 0 Å². The lowest BCUT2D eigenvalue weighted by Gasteiger charge is -2.32. The molecule has 3 aromatic rings. The van der Waals surface area contributed by atoms with Crippen molar-refractivity contribution in [3.05, 3.63) is 87.7 Å². The normalized spacial score (nSPS) is 11.7. The molecule has 1 heterocycles. The van der Waals surface area contributed by atoms with Crippen LogP contribution in [-0.4, -0.2) is 66.1 Å². The third-order valence-corrected chi connectivity index (χ3v) is 7.48. The SMILES string of the molecule is CCC(C)N(Cc1cccn1Cc1cccc(OC)c1)C(=O)CN(CCCOC)C(=O)c1ccc(Cl)c(Cl)c1. The Bertz CT molecular complexity index is 1250. The molecule has 2 aromatic carbocycles. The fourth-order valence-electron chi connectivity index (χ4n) is 4.32. The summed E-state index contributed by atoms with van der Waals surface area (Å²) in [4.78, 5) is 30.6. The molecule has 0 aliphatic heterocycles. The van der Waals surface area contributed by atoms with Crippen molar-refractivity contribution in [2.24, 2.45) is 0 Å². The van der Waals surface area contributed by atoms with Crippen molar-refractivity contribution in [2.75, 3.05) is 33.9 Å². The molecule has 1 aromatic heterocycles. The van der Waals surface area contributed by atoms with Gasteiger partial charge in [-0.05, 0) is 67.8 Å². The number of hydrogen-bond acceptors (Lipinski definition) is 4. The van der Waals surface area contributed by atoms with E-state index in [0.29, 0.717) is 48.3 Å². The van der Waals surface area contributed by atoms with Gasteiger partial charge in [0, 0.05) is 50.3 Å². The maximum atomic E-state index is 13.8. The summed E-state index contributed by atoms with van der Waals surface area (Å²) in [5.41, 5.74) is 2.50. The van der Waals surface area contributed by atoms with Crippen LogP contribution in [0.3, 0.4) is 0 Å². The van der Waals surface area contributed by atoms with Crippen molar-refractivity contribution in [2.45, 2.75) is 45.8 Å². The van der Waals surface area contributed by atoms with Crippen molar-refractivity contribution in [1.82, 2.24) is 14.4 Å². The van der Waals surface area contributed by atoms with E-state index in [0.717, 1.165) is 23.4 Å². The first-order valence-electron chi connectivity index (χ1n) is 13.1. The van der Waals surface area contributed by atoms with Gasteiger partial charge in [0.2, 0.25) is 5.91 Å². The van der Waals surface area contributed by atoms with Crippen LogP contribution >= 0.6 is 23.2 Å². The molecule has 0 aliphatic rings. The van der Waals surface area contributed by atoms with Crippen LogP contribution in [0, 0.1) is 0 Å². The Kier molecular flexibility index (Phi) is 11.7. The Morgan fingerprint density at radius 1 is 1.03 bits per heavy atom. The lowest BCUT2D eigenvalue weighted by Crippen LogP contribution is -2.46. The summed E-state index contributed by atoms with van der Waals surface area (Å²) in [6, 6.07) is 16.7. The summed E-state index contributed by atoms with van der Waals surface area (Å²) in [7, 11) is 3.27. The number of amides is 2. The number of benzene rings is 2. The molecule has 1 unspecified atom stereocenters. The molecule has 0 saturated heterocycles. The first-order chi connectivity index (χ1) is 18.8. The minimum atomic E-state index is -0.275. The fraction of sp³-hybridized carbons (Fsp3) is 0.400. The molecule has 3 rings (SSSR count). The summed E-state index contributed by atoms with van der Waals surface area (Å²) in [6.45, 7) is 5.97. The second-order valence-corrected chi connectivity index (χ2v) is 10.3. The molecule has 9 heteroatoms. The van der Waals surface area contributed by atoms with E-state index in [1.807, 2.05) is 48.4 Å². The van der Waals surface area contributed by atoms with E-state index in [-0.39, 0.29) is 24.4 Å². The molecule has 39 heavy (non-hydrogen) atoms. The molecule has 7 nitrogen and oxygen atoms in total. The van der Waals surface area contributed by atoms with Gasteiger partial charge in [0.25, 0.3) is 5.91 Å². The topological polar surface area (TPSA) is 64.0 Å². The van der Waals surface area contributed by atoms with E-state index in [2.05, 4.69) is 17.6 Å². The second-order valence-electron chi connectivity index (χ2n) is 9.46. The molecule has 0 N–H and O–H groups in total. The summed E-state index contributed by atoms with van der Waals surface area (Å²) < 4.78 is 12.7. The molecule has 210 valence electrons. The van der Waals surface area contributed by atoms with Crippen molar-refractivity contribution in [3.63, 3.8) is 0 Å². The van der Waals surface area contributed by atoms with Crippen molar-refractivity contribution < 1.29 is 19.1 Å². The van der Waals surface area contributed by atoms with Gasteiger partial charge in [-0.1, -0.05) is 42.3 Å². The van der Waals surface area contributed by atoms with Crippen LogP contribution in [0.5, 0.6) is 5.75 Å². The number of carbonyl (C=O) groups excluding carboxylic acids is 2. The van der Waals surface area contributed by atoms with Gasteiger partial charge in [-0.25, -0.2) is 0 Å². The van der Waals surface area contributed by atoms with Crippen molar-refractivity contribution in [1.29, 1.82) is 0 Å². The van der Waals surface area contributed by atoms with Gasteiger partial charge >= 0.3 is 0 Å². The Morgan fingerprint density at radius 3 is 2.51 bits per heavy atom. The zero-order chi connectivity index (χ0) is 28.4. The number of hydrogen-bond donors (Lipinski definition) is 0. The summed E-state index contributed by atoms with van der Waals surface area (Å²) in [6.07, 6.45) is 3.40. The maximum Gasteiger partial charge on any atom is 0.254 e. The Balaban J connectivity index is 1.80. The largest absolute Gasteiger partial charge is 0.497 e. The van der Waals surface area contributed by atoms with Crippen molar-refractivity contribution >= 4 is 35.0 Å². The quantitative estimate of drug-likeness (QED) is 0.217. The van der Waals surface area contributed by atoms with Crippen LogP contribution in [-0.2, 0) is 22.6 Å². The van der Waals surface area contributed by atoms with Gasteiger partial charge in [0.05, 0.1) is 23.7 Å². The lowest BCUT2D eigenvalue weighted by molar-refractivity contribution is -0.134. The minimum absolute atomic E-state index is 0.0152. The molecule has 0 spiro atoms. The number of halogens is 2. The van der Waals surface area contributed by atoms with Crippen molar-refractivity contribution in [3.8, 4) is 5.75 Å². The summed E-state index contributed by atoms with van der Waals surface area (Å²) in [5, 5.41) is 0.666. The zero-order valence-electron chi connectivity index (χ0n) is 23.0. The molecule has 0 saturated carbocycles. The predicted molar refractivity (Wildman–Crippen MR) is 156 cm³/mol. The lowest BCUT2D eigenvalue weighted by atomic mass is 10.1. The Hall–Kier alpha value is -3.00. The number of rotatable bonds is 14. The average Bonchev–Trinajstić information content (AvgIpc) is 3.38. The molecule has 0 fully saturated rings. The third kappa shape index (κ3) is 8.49. The Morgan fingerprint density at radius 2 is 1.82 bits per heavy atom. The first kappa shape index (κ1) is 30.5. The van der Waals surface area contributed by atoms with Crippen LogP contribution in [0.2, 0.25) is 10.0 Å². The zero-order valence-corrected chi connectivity index (χ0v) is 24.5. The highest BCUT2D eigenvalue weighted by Crippen LogP contribution is 2.24. The Labute approximate surface area is 241 Å². The maximum absolute atomic E-state index is 13.8. The van der Waals surface area contributed by atoms with E-state index in [1.54, 1.807) is 31.3 Å². The summed E-state index contributed by atoms with van der Waals surface area (Å²) in [5.74, 6) is 0.408. The highest BCUT2D eigenvalue weighted by Gasteiger charge is 2.26. The molecule has 1 atom stereocenters. The smallest absolute Gasteiger partial charge is 0.254 e. The third-order valence-electron chi connectivity index (χ3n) is 6.74. The molecule has 2 amide bonds. The second kappa shape index (κ2) is 15.0. The van der Waals surface area contributed by atoms with Gasteiger partial charge < -0.3 is 23.8 Å². The van der Waals surface area contributed by atoms with Crippen LogP contribution in [0.15, 0.2) is 60.8 Å². The molecular formula is C30H37Cl2N3O4. The van der Waals surface area contributed by atoms with Crippen LogP contribution in [0.25, 0.3) is 0 Å². The predicted octanol–water partition coefficient (Wildman–Crippen LogP) is 6.16. The standard InChI is InChI=1S/C30H37Cl2N3O4/c1-5-22(2)35(20-25-10-7-14-33(25)19-23-9-6-11-26(17-23)39-4)29(36)21-34(15-8-16-38-3)30(37)24-12-13-27(31)28(32)18-24/h6-7,9-14,17-18,22H,5,8,15-16,19-21H2,1-4H3. The van der Waals surface area contributed by atoms with E-state index in [4.69, 9.17) is 32.7 Å². The number of carbonyl (C=O) groups is 2. The average molecular weight is 575 g/mol. The fourth-order valence-corrected chi connectivity index (χ4v) is 4.62. The monoisotopic (exact) mass is 573 g/mol. The molecule has 0 radical (unpaired) electrons. The summed E-state index contributed by atoms with van der Waals surface area (Å²) >= 11 is 12.2. The van der Waals surface area contributed by atoms with Crippen LogP contribution in [0.4, 0.5) is 0 Å². The van der Waals surface area contributed by atoms with Gasteiger partial charge in [0.15, 0.2) is 0 Å². The van der Waals surface area contributed by atoms with Gasteiger partial charge in [-0.3, -0.25) is 9.59 Å². The molecule has 0 aliphatic carbocycles. The van der Waals surface area contributed by atoms with Gasteiger partial charge in [0.1, 0.15) is 12.3 Å². The van der Waals surface area contributed by atoms with E-state index in [9.17, 15) is 9.59 Å². The molecule has 0 bridgehead atoms. The van der Waals surface area contributed by atoms with E-state index >= 15 is 0 Å². The van der Waals surface area contributed by atoms with E-state index in [1.165, 1.54) is 6.07 Å². The van der Waals surface area contributed by atoms with E-state index < -0.39 is 0 Å². The first-order valence-corrected chi connectivity index (χ1v) is 13.8. The minimum Gasteiger partial charge on any atom is -0.497 e.